The zero-order chi connectivity index (χ0) is 16.5. The smallest absolute Gasteiger partial charge is 0.228 e. The Balaban J connectivity index is 1.79. The predicted molar refractivity (Wildman–Crippen MR) is 94.1 cm³/mol. The van der Waals surface area contributed by atoms with Crippen LogP contribution in [0.1, 0.15) is 17.9 Å². The van der Waals surface area contributed by atoms with Gasteiger partial charge in [-0.2, -0.15) is 4.98 Å². The number of aromatic nitrogens is 2. The van der Waals surface area contributed by atoms with Crippen LogP contribution in [-0.4, -0.2) is 67.7 Å². The van der Waals surface area contributed by atoms with Crippen molar-refractivity contribution in [3.8, 4) is 0 Å². The maximum atomic E-state index is 9.95. The number of rotatable bonds is 3. The molecule has 2 fully saturated rings. The summed E-state index contributed by atoms with van der Waals surface area (Å²) in [5.74, 6) is 1.71. The van der Waals surface area contributed by atoms with Crippen LogP contribution in [0.2, 0.25) is 0 Å². The third-order valence-electron chi connectivity index (χ3n) is 4.38. The van der Waals surface area contributed by atoms with Crippen molar-refractivity contribution < 1.29 is 14.6 Å². The molecule has 130 valence electrons. The number of aliphatic hydroxyl groups excluding tert-OH is 1. The number of hydrogen-bond acceptors (Lipinski definition) is 8. The highest BCUT2D eigenvalue weighted by molar-refractivity contribution is 7.19. The molecule has 0 aromatic carbocycles. The Labute approximate surface area is 144 Å². The first kappa shape index (κ1) is 16.0. The van der Waals surface area contributed by atoms with Crippen molar-refractivity contribution in [3.63, 3.8) is 0 Å². The average Bonchev–Trinajstić information content (AvgIpc) is 3.07. The number of aliphatic hydroxyl groups is 1. The number of ether oxygens (including phenoxy) is 2. The fraction of sp³-hybridized carbons (Fsp3) is 0.625. The minimum Gasteiger partial charge on any atom is -0.388 e. The third-order valence-corrected chi connectivity index (χ3v) is 5.67. The second-order valence-corrected chi connectivity index (χ2v) is 7.17. The first-order valence-electron chi connectivity index (χ1n) is 8.37. The van der Waals surface area contributed by atoms with Crippen LogP contribution in [0.5, 0.6) is 0 Å². The van der Waals surface area contributed by atoms with Crippen LogP contribution in [0.15, 0.2) is 6.07 Å². The largest absolute Gasteiger partial charge is 0.388 e. The third kappa shape index (κ3) is 3.06. The van der Waals surface area contributed by atoms with Crippen molar-refractivity contribution in [2.45, 2.75) is 13.0 Å². The summed E-state index contributed by atoms with van der Waals surface area (Å²) in [5, 5.41) is 9.95. The molecule has 1 atom stereocenters. The van der Waals surface area contributed by atoms with Crippen molar-refractivity contribution >= 4 is 33.3 Å². The molecular formula is C16H22N4O3S. The van der Waals surface area contributed by atoms with Crippen molar-refractivity contribution in [3.05, 3.63) is 10.9 Å². The van der Waals surface area contributed by atoms with Gasteiger partial charge in [-0.1, -0.05) is 0 Å². The van der Waals surface area contributed by atoms with Gasteiger partial charge in [0.05, 0.1) is 42.7 Å². The van der Waals surface area contributed by atoms with Gasteiger partial charge in [-0.25, -0.2) is 4.98 Å². The second-order valence-electron chi connectivity index (χ2n) is 6.09. The van der Waals surface area contributed by atoms with E-state index in [-0.39, 0.29) is 0 Å². The molecule has 2 aromatic heterocycles. The molecule has 0 amide bonds. The van der Waals surface area contributed by atoms with Crippen LogP contribution in [0.25, 0.3) is 10.2 Å². The van der Waals surface area contributed by atoms with Gasteiger partial charge in [0.1, 0.15) is 0 Å². The summed E-state index contributed by atoms with van der Waals surface area (Å²) in [6.45, 7) is 7.90. The first-order valence-corrected chi connectivity index (χ1v) is 9.19. The van der Waals surface area contributed by atoms with Gasteiger partial charge < -0.3 is 24.4 Å². The summed E-state index contributed by atoms with van der Waals surface area (Å²) in [6.07, 6.45) is -0.492. The van der Waals surface area contributed by atoms with Crippen molar-refractivity contribution in [2.24, 2.45) is 0 Å². The summed E-state index contributed by atoms with van der Waals surface area (Å²) in [5.41, 5.74) is 0.911. The zero-order valence-corrected chi connectivity index (χ0v) is 14.6. The van der Waals surface area contributed by atoms with E-state index >= 15 is 0 Å². The first-order chi connectivity index (χ1) is 11.7. The van der Waals surface area contributed by atoms with E-state index in [1.807, 2.05) is 6.07 Å². The standard InChI is InChI=1S/C16H22N4O3S/c1-11(21)13-10-12-14(24-13)15(19-2-6-22-7-3-19)18-16(17-12)20-4-8-23-9-5-20/h10-11,21H,2-9H2,1H3. The van der Waals surface area contributed by atoms with Gasteiger partial charge in [-0.15, -0.1) is 11.3 Å². The van der Waals surface area contributed by atoms with Gasteiger partial charge >= 0.3 is 0 Å². The van der Waals surface area contributed by atoms with Crippen LogP contribution >= 0.6 is 11.3 Å². The normalized spacial score (nSPS) is 20.6. The highest BCUT2D eigenvalue weighted by Crippen LogP contribution is 2.36. The monoisotopic (exact) mass is 350 g/mol. The topological polar surface area (TPSA) is 71.0 Å². The molecule has 2 aliphatic heterocycles. The molecule has 0 aliphatic carbocycles. The summed E-state index contributed by atoms with van der Waals surface area (Å²) in [6, 6.07) is 1.99. The molecule has 0 saturated carbocycles. The number of nitrogens with zero attached hydrogens (tertiary/aromatic N) is 4. The molecule has 2 saturated heterocycles. The van der Waals surface area contributed by atoms with Crippen LogP contribution in [0, 0.1) is 0 Å². The molecule has 4 heterocycles. The molecule has 8 heteroatoms. The number of morpholine rings is 2. The van der Waals surface area contributed by atoms with Gasteiger partial charge in [0.25, 0.3) is 0 Å². The Hall–Kier alpha value is -1.48. The quantitative estimate of drug-likeness (QED) is 0.897. The molecule has 2 aromatic rings. The maximum absolute atomic E-state index is 9.95. The lowest BCUT2D eigenvalue weighted by molar-refractivity contribution is 0.121. The predicted octanol–water partition coefficient (Wildman–Crippen LogP) is 1.42. The van der Waals surface area contributed by atoms with E-state index in [1.165, 1.54) is 0 Å². The van der Waals surface area contributed by atoms with Gasteiger partial charge in [0.15, 0.2) is 5.82 Å². The van der Waals surface area contributed by atoms with Crippen molar-refractivity contribution in [1.82, 2.24) is 9.97 Å². The number of thiophene rings is 1. The van der Waals surface area contributed by atoms with Crippen LogP contribution < -0.4 is 9.80 Å². The lowest BCUT2D eigenvalue weighted by Crippen LogP contribution is -2.39. The molecule has 4 rings (SSSR count). The van der Waals surface area contributed by atoms with E-state index in [1.54, 1.807) is 18.3 Å². The van der Waals surface area contributed by atoms with E-state index in [0.717, 1.165) is 53.0 Å². The highest BCUT2D eigenvalue weighted by Gasteiger charge is 2.23. The van der Waals surface area contributed by atoms with E-state index in [9.17, 15) is 5.11 Å². The minimum atomic E-state index is -0.492. The zero-order valence-electron chi connectivity index (χ0n) is 13.8. The fourth-order valence-electron chi connectivity index (χ4n) is 3.02. The molecule has 0 spiro atoms. The SMILES string of the molecule is CC(O)c1cc2nc(N3CCOCC3)nc(N3CCOCC3)c2s1. The molecule has 1 unspecified atom stereocenters. The van der Waals surface area contributed by atoms with E-state index in [4.69, 9.17) is 19.4 Å². The second kappa shape index (κ2) is 6.79. The van der Waals surface area contributed by atoms with Crippen LogP contribution in [0.3, 0.4) is 0 Å². The summed E-state index contributed by atoms with van der Waals surface area (Å²) >= 11 is 1.58. The summed E-state index contributed by atoms with van der Waals surface area (Å²) in [4.78, 5) is 15.0. The Bertz CT molecular complexity index is 709. The number of anilines is 2. The van der Waals surface area contributed by atoms with Crippen molar-refractivity contribution in [2.75, 3.05) is 62.4 Å². The van der Waals surface area contributed by atoms with Gasteiger partial charge in [-0.3, -0.25) is 0 Å². The Morgan fingerprint density at radius 3 is 2.29 bits per heavy atom. The highest BCUT2D eigenvalue weighted by atomic mass is 32.1. The molecule has 2 aliphatic rings. The van der Waals surface area contributed by atoms with Crippen LogP contribution in [-0.2, 0) is 9.47 Å². The molecule has 1 N–H and O–H groups in total. The van der Waals surface area contributed by atoms with E-state index in [2.05, 4.69) is 9.80 Å². The Morgan fingerprint density at radius 1 is 1.04 bits per heavy atom. The average molecular weight is 350 g/mol. The molecule has 0 bridgehead atoms. The fourth-order valence-corrected chi connectivity index (χ4v) is 4.07. The summed E-state index contributed by atoms with van der Waals surface area (Å²) < 4.78 is 12.0. The van der Waals surface area contributed by atoms with Crippen molar-refractivity contribution in [1.29, 1.82) is 0 Å². The molecule has 0 radical (unpaired) electrons. The lowest BCUT2D eigenvalue weighted by Gasteiger charge is -2.30. The molecular weight excluding hydrogens is 328 g/mol. The van der Waals surface area contributed by atoms with Crippen LogP contribution in [0.4, 0.5) is 11.8 Å². The molecule has 24 heavy (non-hydrogen) atoms. The van der Waals surface area contributed by atoms with E-state index in [0.29, 0.717) is 26.4 Å². The maximum Gasteiger partial charge on any atom is 0.228 e. The van der Waals surface area contributed by atoms with Gasteiger partial charge in [0, 0.05) is 31.1 Å². The number of fused-ring (bicyclic) bond motifs is 1. The summed E-state index contributed by atoms with van der Waals surface area (Å²) in [7, 11) is 0. The molecule has 7 nitrogen and oxygen atoms in total. The Kier molecular flexibility index (Phi) is 4.53. The van der Waals surface area contributed by atoms with Gasteiger partial charge in [-0.05, 0) is 13.0 Å². The number of hydrogen-bond donors (Lipinski definition) is 1. The van der Waals surface area contributed by atoms with Gasteiger partial charge in [0.2, 0.25) is 5.95 Å². The Morgan fingerprint density at radius 2 is 1.67 bits per heavy atom. The lowest BCUT2D eigenvalue weighted by atomic mass is 10.3. The minimum absolute atomic E-state index is 0.492. The van der Waals surface area contributed by atoms with E-state index < -0.39 is 6.10 Å².